The first kappa shape index (κ1) is 14.8. The van der Waals surface area contributed by atoms with Gasteiger partial charge in [-0.3, -0.25) is 9.59 Å². The van der Waals surface area contributed by atoms with Gasteiger partial charge in [-0.05, 0) is 44.4 Å². The van der Waals surface area contributed by atoms with Crippen molar-refractivity contribution in [3.05, 3.63) is 23.8 Å². The standard InChI is InChI=1S/C16H20N2O4/c1-10-5-6-13-12(8-10)18-15(20)16(2,22-13)14(19)17-9-11-4-3-7-21-11/h5-6,8,11H,3-4,7,9H2,1-2H3,(H,17,19)(H,18,20)/t11-,16+/m0/s1. The molecule has 3 rings (SSSR count). The maximum absolute atomic E-state index is 12.4. The van der Waals surface area contributed by atoms with Gasteiger partial charge in [-0.1, -0.05) is 6.07 Å². The number of anilines is 1. The van der Waals surface area contributed by atoms with Gasteiger partial charge < -0.3 is 20.1 Å². The first-order chi connectivity index (χ1) is 10.5. The molecular formula is C16H20N2O4. The summed E-state index contributed by atoms with van der Waals surface area (Å²) >= 11 is 0. The highest BCUT2D eigenvalue weighted by atomic mass is 16.5. The number of hydrogen-bond donors (Lipinski definition) is 2. The lowest BCUT2D eigenvalue weighted by Gasteiger charge is -2.33. The van der Waals surface area contributed by atoms with E-state index in [2.05, 4.69) is 10.6 Å². The summed E-state index contributed by atoms with van der Waals surface area (Å²) in [6, 6.07) is 5.45. The molecule has 2 aliphatic heterocycles. The molecule has 0 unspecified atom stereocenters. The molecule has 6 nitrogen and oxygen atoms in total. The van der Waals surface area contributed by atoms with E-state index in [1.807, 2.05) is 19.1 Å². The highest BCUT2D eigenvalue weighted by Gasteiger charge is 2.47. The summed E-state index contributed by atoms with van der Waals surface area (Å²) in [5, 5.41) is 5.50. The van der Waals surface area contributed by atoms with Crippen molar-refractivity contribution in [3.63, 3.8) is 0 Å². The van der Waals surface area contributed by atoms with E-state index in [1.54, 1.807) is 6.07 Å². The molecule has 22 heavy (non-hydrogen) atoms. The number of fused-ring (bicyclic) bond motifs is 1. The normalized spacial score (nSPS) is 26.8. The van der Waals surface area contributed by atoms with Gasteiger partial charge in [0.25, 0.3) is 17.4 Å². The number of aryl methyl sites for hydroxylation is 1. The van der Waals surface area contributed by atoms with E-state index < -0.39 is 17.4 Å². The van der Waals surface area contributed by atoms with Crippen molar-refractivity contribution in [2.45, 2.75) is 38.4 Å². The summed E-state index contributed by atoms with van der Waals surface area (Å²) in [5.74, 6) is -0.415. The molecule has 1 aromatic rings. The summed E-state index contributed by atoms with van der Waals surface area (Å²) in [4.78, 5) is 24.7. The van der Waals surface area contributed by atoms with Gasteiger partial charge in [-0.2, -0.15) is 0 Å². The van der Waals surface area contributed by atoms with Crippen LogP contribution < -0.4 is 15.4 Å². The summed E-state index contributed by atoms with van der Waals surface area (Å²) in [7, 11) is 0. The third-order valence-corrected chi connectivity index (χ3v) is 4.08. The molecule has 118 valence electrons. The molecule has 2 atom stereocenters. The number of carbonyl (C=O) groups is 2. The van der Waals surface area contributed by atoms with Crippen LogP contribution in [-0.2, 0) is 14.3 Å². The Hall–Kier alpha value is -2.08. The molecule has 2 heterocycles. The molecule has 0 aliphatic carbocycles. The summed E-state index contributed by atoms with van der Waals surface area (Å²) in [5.41, 5.74) is 0.0319. The first-order valence-corrected chi connectivity index (χ1v) is 7.50. The van der Waals surface area contributed by atoms with Gasteiger partial charge in [0, 0.05) is 13.2 Å². The van der Waals surface area contributed by atoms with Crippen LogP contribution in [0.3, 0.4) is 0 Å². The van der Waals surface area contributed by atoms with E-state index in [4.69, 9.17) is 9.47 Å². The molecule has 2 N–H and O–H groups in total. The Balaban J connectivity index is 1.72. The molecule has 2 amide bonds. The number of benzene rings is 1. The van der Waals surface area contributed by atoms with Crippen LogP contribution in [0, 0.1) is 6.92 Å². The molecule has 2 aliphatic rings. The van der Waals surface area contributed by atoms with E-state index in [-0.39, 0.29) is 6.10 Å². The minimum absolute atomic E-state index is 0.0223. The Morgan fingerprint density at radius 1 is 1.50 bits per heavy atom. The number of nitrogens with one attached hydrogen (secondary N) is 2. The van der Waals surface area contributed by atoms with E-state index in [9.17, 15) is 9.59 Å². The number of amides is 2. The van der Waals surface area contributed by atoms with Gasteiger partial charge in [0.1, 0.15) is 5.75 Å². The average molecular weight is 304 g/mol. The second kappa shape index (κ2) is 5.61. The van der Waals surface area contributed by atoms with Crippen molar-refractivity contribution in [3.8, 4) is 5.75 Å². The molecule has 1 aromatic carbocycles. The SMILES string of the molecule is Cc1ccc2c(c1)NC(=O)[C@@](C)(C(=O)NC[C@@H]1CCCO1)O2. The summed E-state index contributed by atoms with van der Waals surface area (Å²) in [6.07, 6.45) is 1.95. The van der Waals surface area contributed by atoms with Gasteiger partial charge in [-0.25, -0.2) is 0 Å². The fourth-order valence-electron chi connectivity index (χ4n) is 2.67. The molecule has 0 bridgehead atoms. The fraction of sp³-hybridized carbons (Fsp3) is 0.500. The average Bonchev–Trinajstić information content (AvgIpc) is 2.99. The predicted octanol–water partition coefficient (Wildman–Crippen LogP) is 1.38. The smallest absolute Gasteiger partial charge is 0.278 e. The van der Waals surface area contributed by atoms with Gasteiger partial charge in [0.15, 0.2) is 0 Å². The Bertz CT molecular complexity index is 610. The van der Waals surface area contributed by atoms with Crippen molar-refractivity contribution in [2.24, 2.45) is 0 Å². The fourth-order valence-corrected chi connectivity index (χ4v) is 2.67. The largest absolute Gasteiger partial charge is 0.466 e. The topological polar surface area (TPSA) is 76.7 Å². The number of hydrogen-bond acceptors (Lipinski definition) is 4. The van der Waals surface area contributed by atoms with Crippen molar-refractivity contribution in [1.82, 2.24) is 5.32 Å². The minimum atomic E-state index is -1.57. The van der Waals surface area contributed by atoms with Crippen molar-refractivity contribution >= 4 is 17.5 Å². The van der Waals surface area contributed by atoms with Crippen LogP contribution in [0.4, 0.5) is 5.69 Å². The zero-order valence-corrected chi connectivity index (χ0v) is 12.8. The molecule has 1 saturated heterocycles. The number of rotatable bonds is 3. The van der Waals surface area contributed by atoms with E-state index in [0.717, 1.165) is 25.0 Å². The number of carbonyl (C=O) groups excluding carboxylic acids is 2. The predicted molar refractivity (Wildman–Crippen MR) is 80.8 cm³/mol. The van der Waals surface area contributed by atoms with Crippen molar-refractivity contribution in [2.75, 3.05) is 18.5 Å². The second-order valence-corrected chi connectivity index (χ2v) is 5.93. The highest BCUT2D eigenvalue weighted by Crippen LogP contribution is 2.34. The zero-order chi connectivity index (χ0) is 15.7. The van der Waals surface area contributed by atoms with E-state index >= 15 is 0 Å². The van der Waals surface area contributed by atoms with E-state index in [0.29, 0.717) is 18.0 Å². The molecule has 0 aromatic heterocycles. The molecule has 6 heteroatoms. The van der Waals surface area contributed by atoms with Crippen LogP contribution in [0.15, 0.2) is 18.2 Å². The third kappa shape index (κ3) is 2.66. The zero-order valence-electron chi connectivity index (χ0n) is 12.8. The lowest BCUT2D eigenvalue weighted by molar-refractivity contribution is -0.147. The van der Waals surface area contributed by atoms with Crippen LogP contribution in [0.5, 0.6) is 5.75 Å². The minimum Gasteiger partial charge on any atom is -0.466 e. The third-order valence-electron chi connectivity index (χ3n) is 4.08. The monoisotopic (exact) mass is 304 g/mol. The Morgan fingerprint density at radius 2 is 2.32 bits per heavy atom. The second-order valence-electron chi connectivity index (χ2n) is 5.93. The Kier molecular flexibility index (Phi) is 3.78. The molecular weight excluding hydrogens is 284 g/mol. The highest BCUT2D eigenvalue weighted by molar-refractivity contribution is 6.15. The van der Waals surface area contributed by atoms with Gasteiger partial charge in [-0.15, -0.1) is 0 Å². The number of ether oxygens (including phenoxy) is 2. The lowest BCUT2D eigenvalue weighted by atomic mass is 10.0. The van der Waals surface area contributed by atoms with Crippen molar-refractivity contribution < 1.29 is 19.1 Å². The quantitative estimate of drug-likeness (QED) is 0.827. The van der Waals surface area contributed by atoms with Gasteiger partial charge in [0.2, 0.25) is 0 Å². The van der Waals surface area contributed by atoms with Gasteiger partial charge >= 0.3 is 0 Å². The van der Waals surface area contributed by atoms with Crippen LogP contribution >= 0.6 is 0 Å². The lowest BCUT2D eigenvalue weighted by Crippen LogP contribution is -2.59. The Labute approximate surface area is 129 Å². The first-order valence-electron chi connectivity index (χ1n) is 7.50. The maximum atomic E-state index is 12.4. The molecule has 1 fully saturated rings. The molecule has 0 spiro atoms. The van der Waals surface area contributed by atoms with Gasteiger partial charge in [0.05, 0.1) is 11.8 Å². The maximum Gasteiger partial charge on any atom is 0.278 e. The van der Waals surface area contributed by atoms with Crippen LogP contribution in [0.25, 0.3) is 0 Å². The molecule has 0 radical (unpaired) electrons. The van der Waals surface area contributed by atoms with E-state index in [1.165, 1.54) is 6.92 Å². The van der Waals surface area contributed by atoms with Crippen LogP contribution in [-0.4, -0.2) is 36.7 Å². The summed E-state index contributed by atoms with van der Waals surface area (Å²) < 4.78 is 11.2. The summed E-state index contributed by atoms with van der Waals surface area (Å²) in [6.45, 7) is 4.53. The van der Waals surface area contributed by atoms with Crippen molar-refractivity contribution in [1.29, 1.82) is 0 Å². The Morgan fingerprint density at radius 3 is 3.05 bits per heavy atom. The van der Waals surface area contributed by atoms with Crippen LogP contribution in [0.2, 0.25) is 0 Å². The van der Waals surface area contributed by atoms with Crippen LogP contribution in [0.1, 0.15) is 25.3 Å². The molecule has 0 saturated carbocycles.